The number of likely N-dealkylation sites (N-methyl/N-ethyl adjacent to an activating group) is 1. The first-order valence-electron chi connectivity index (χ1n) is 28.1. The van der Waals surface area contributed by atoms with E-state index in [0.717, 1.165) is 10.9 Å². The number of aromatic hydroxyl groups is 2. The van der Waals surface area contributed by atoms with Crippen LogP contribution in [-0.2, 0) is 64.0 Å². The minimum Gasteiger partial charge on any atom is -0.508 e. The van der Waals surface area contributed by atoms with Gasteiger partial charge in [0.15, 0.2) is 5.96 Å². The van der Waals surface area contributed by atoms with E-state index in [1.807, 2.05) is 32.0 Å². The molecule has 24 heteroatoms. The quantitative estimate of drug-likeness (QED) is 0.0176. The van der Waals surface area contributed by atoms with Crippen molar-refractivity contribution in [2.75, 3.05) is 26.2 Å². The van der Waals surface area contributed by atoms with Crippen molar-refractivity contribution >= 4 is 64.1 Å². The van der Waals surface area contributed by atoms with E-state index in [0.29, 0.717) is 41.6 Å². The Labute approximate surface area is 486 Å². The largest absolute Gasteiger partial charge is 0.508 e. The minimum atomic E-state index is -1.71. The van der Waals surface area contributed by atoms with Crippen LogP contribution >= 0.6 is 0 Å². The predicted octanol–water partition coefficient (Wildman–Crippen LogP) is 1.51. The number of likely N-dealkylation sites (tertiary alicyclic amines) is 1. The maximum Gasteiger partial charge on any atom is 0.245 e. The van der Waals surface area contributed by atoms with Crippen molar-refractivity contribution in [3.05, 3.63) is 131 Å². The average molecular weight is 1160 g/mol. The lowest BCUT2D eigenvalue weighted by Gasteiger charge is -2.30. The lowest BCUT2D eigenvalue weighted by Crippen LogP contribution is -2.61. The topological polar surface area (TPSA) is 365 Å². The highest BCUT2D eigenvalue weighted by Gasteiger charge is 2.39. The summed E-state index contributed by atoms with van der Waals surface area (Å²) in [4.78, 5) is 122. The number of H-pyrrole nitrogens is 1. The average Bonchev–Trinajstić information content (AvgIpc) is 4.25. The molecule has 1 saturated heterocycles. The first-order chi connectivity index (χ1) is 40.2. The number of hydrogen-bond donors (Lipinski definition) is 13. The third-order valence-corrected chi connectivity index (χ3v) is 14.2. The SMILES string of the molecule is CCNC(=O)[C@@H]1CCCN1C(=O)[C@H](CCCN=C(N)N)NC(=O)[C@H](CC(C)C)NC(=O)[C@@H](Cc1c[nH]c2ccccc12)NC(=O)[C@H](Cc1ccc(O)cc1)NC(=O)[C@H](CO)NC(=O)[C@@H](Cc1ccc(O)cc1)NC(=O)CCc1ccc(F)cc1. The molecule has 0 bridgehead atoms. The Morgan fingerprint density at radius 3 is 1.79 bits per heavy atom. The number of guanidine groups is 1. The zero-order chi connectivity index (χ0) is 60.9. The van der Waals surface area contributed by atoms with Gasteiger partial charge < -0.3 is 73.9 Å². The normalized spacial score (nSPS) is 15.1. The molecule has 1 aliphatic rings. The van der Waals surface area contributed by atoms with E-state index in [1.54, 1.807) is 19.2 Å². The minimum absolute atomic E-state index is 0.0477. The number of para-hydroxylation sites is 1. The van der Waals surface area contributed by atoms with Gasteiger partial charge in [0.1, 0.15) is 59.6 Å². The fourth-order valence-electron chi connectivity index (χ4n) is 9.87. The first kappa shape index (κ1) is 64.1. The number of rotatable bonds is 30. The van der Waals surface area contributed by atoms with Crippen molar-refractivity contribution in [3.8, 4) is 11.5 Å². The monoisotopic (exact) mass is 1160 g/mol. The van der Waals surface area contributed by atoms with E-state index >= 15 is 0 Å². The zero-order valence-corrected chi connectivity index (χ0v) is 47.4. The van der Waals surface area contributed by atoms with Gasteiger partial charge in [0.2, 0.25) is 47.3 Å². The van der Waals surface area contributed by atoms with Crippen LogP contribution in [0.1, 0.15) is 81.5 Å². The number of carbonyl (C=O) groups is 8. The number of aliphatic hydroxyl groups excluding tert-OH is 1. The van der Waals surface area contributed by atoms with E-state index in [9.17, 15) is 58.1 Å². The van der Waals surface area contributed by atoms with Crippen molar-refractivity contribution in [2.24, 2.45) is 22.4 Å². The molecule has 84 heavy (non-hydrogen) atoms. The molecule has 1 aromatic heterocycles. The molecule has 8 amide bonds. The molecule has 450 valence electrons. The summed E-state index contributed by atoms with van der Waals surface area (Å²) in [6, 6.07) is 15.2. The number of amides is 8. The van der Waals surface area contributed by atoms with Crippen molar-refractivity contribution in [1.82, 2.24) is 47.1 Å². The Morgan fingerprint density at radius 2 is 1.20 bits per heavy atom. The molecule has 0 unspecified atom stereocenters. The smallest absolute Gasteiger partial charge is 0.245 e. The van der Waals surface area contributed by atoms with Crippen LogP contribution in [0, 0.1) is 11.7 Å². The molecule has 7 atom stereocenters. The summed E-state index contributed by atoms with van der Waals surface area (Å²) in [6.07, 6.45) is 2.68. The molecule has 0 aliphatic carbocycles. The molecular formula is C60H77FN12O11. The molecule has 0 radical (unpaired) electrons. The number of aliphatic hydroxyl groups is 1. The number of aromatic nitrogens is 1. The van der Waals surface area contributed by atoms with Crippen LogP contribution in [0.2, 0.25) is 0 Å². The van der Waals surface area contributed by atoms with Crippen LogP contribution in [0.5, 0.6) is 11.5 Å². The van der Waals surface area contributed by atoms with Gasteiger partial charge in [0.25, 0.3) is 0 Å². The third-order valence-electron chi connectivity index (χ3n) is 14.2. The number of aliphatic imine (C=N–C) groups is 1. The number of halogens is 1. The van der Waals surface area contributed by atoms with Gasteiger partial charge in [-0.2, -0.15) is 0 Å². The van der Waals surface area contributed by atoms with Crippen LogP contribution in [0.4, 0.5) is 4.39 Å². The second-order valence-corrected chi connectivity index (χ2v) is 21.2. The Morgan fingerprint density at radius 1 is 0.679 bits per heavy atom. The van der Waals surface area contributed by atoms with Crippen LogP contribution in [0.25, 0.3) is 10.9 Å². The van der Waals surface area contributed by atoms with Gasteiger partial charge >= 0.3 is 0 Å². The summed E-state index contributed by atoms with van der Waals surface area (Å²) < 4.78 is 13.6. The number of aryl methyl sites for hydroxylation is 1. The third kappa shape index (κ3) is 19.3. The summed E-state index contributed by atoms with van der Waals surface area (Å²) in [6.45, 7) is 5.22. The maximum atomic E-state index is 14.9. The lowest BCUT2D eigenvalue weighted by atomic mass is 9.99. The Kier molecular flexibility index (Phi) is 24.0. The van der Waals surface area contributed by atoms with Crippen molar-refractivity contribution < 1.29 is 58.1 Å². The van der Waals surface area contributed by atoms with Crippen molar-refractivity contribution in [1.29, 1.82) is 0 Å². The van der Waals surface area contributed by atoms with Crippen molar-refractivity contribution in [3.63, 3.8) is 0 Å². The number of carbonyl (C=O) groups excluding carboxylic acids is 8. The van der Waals surface area contributed by atoms with Crippen LogP contribution in [0.3, 0.4) is 0 Å². The summed E-state index contributed by atoms with van der Waals surface area (Å²) in [7, 11) is 0. The summed E-state index contributed by atoms with van der Waals surface area (Å²) in [5.41, 5.74) is 14.1. The molecule has 15 N–H and O–H groups in total. The highest BCUT2D eigenvalue weighted by Crippen LogP contribution is 2.23. The van der Waals surface area contributed by atoms with Crippen LogP contribution in [0.15, 0.2) is 108 Å². The van der Waals surface area contributed by atoms with E-state index in [2.05, 4.69) is 47.2 Å². The van der Waals surface area contributed by atoms with Gasteiger partial charge in [-0.25, -0.2) is 4.39 Å². The number of phenolic OH excluding ortho intramolecular Hbond substituents is 2. The van der Waals surface area contributed by atoms with Gasteiger partial charge in [0.05, 0.1) is 6.61 Å². The summed E-state index contributed by atoms with van der Waals surface area (Å²) >= 11 is 0. The van der Waals surface area contributed by atoms with Gasteiger partial charge in [-0.3, -0.25) is 43.3 Å². The second kappa shape index (κ2) is 31.4. The molecule has 1 aliphatic heterocycles. The number of fused-ring (bicyclic) bond motifs is 1. The Bertz CT molecular complexity index is 3080. The molecule has 0 saturated carbocycles. The number of nitrogens with two attached hydrogens (primary N) is 2. The molecule has 2 heterocycles. The molecule has 5 aromatic rings. The number of nitrogens with one attached hydrogen (secondary N) is 8. The molecule has 23 nitrogen and oxygen atoms in total. The number of nitrogens with zero attached hydrogens (tertiary/aromatic N) is 2. The number of benzene rings is 4. The summed E-state index contributed by atoms with van der Waals surface area (Å²) in [5.74, 6) is -6.67. The van der Waals surface area contributed by atoms with E-state index in [-0.39, 0.29) is 93.7 Å². The predicted molar refractivity (Wildman–Crippen MR) is 312 cm³/mol. The second-order valence-electron chi connectivity index (χ2n) is 21.2. The number of phenols is 2. The highest BCUT2D eigenvalue weighted by atomic mass is 19.1. The Hall–Kier alpha value is -9.06. The van der Waals surface area contributed by atoms with Crippen LogP contribution in [-0.4, -0.2) is 147 Å². The molecule has 1 fully saturated rings. The summed E-state index contributed by atoms with van der Waals surface area (Å²) in [5, 5.41) is 50.4. The highest BCUT2D eigenvalue weighted by molar-refractivity contribution is 5.98. The number of hydrogen-bond acceptors (Lipinski definition) is 12. The maximum absolute atomic E-state index is 14.9. The molecule has 6 rings (SSSR count). The van der Waals surface area contributed by atoms with Gasteiger partial charge in [-0.1, -0.05) is 68.4 Å². The van der Waals surface area contributed by atoms with E-state index < -0.39 is 96.1 Å². The lowest BCUT2D eigenvalue weighted by molar-refractivity contribution is -0.142. The van der Waals surface area contributed by atoms with Gasteiger partial charge in [-0.05, 0) is 116 Å². The van der Waals surface area contributed by atoms with E-state index in [1.165, 1.54) is 77.7 Å². The molecular weight excluding hydrogens is 1080 g/mol. The van der Waals surface area contributed by atoms with Crippen LogP contribution < -0.4 is 48.7 Å². The fraction of sp³-hybridized carbons (Fsp3) is 0.417. The standard InChI is InChI=1S/C60H77FN12O11/c1-4-64-58(83)51-12-8-28-73(51)59(84)45(11-7-27-65-60(62)63)68-53(78)46(29-35(2)3)69-56(81)49(32-39-33-66-44-10-6-5-9-43(39)44)71-55(80)48(31-38-17-24-42(76)25-18-38)70-57(82)50(34-74)72-54(79)47(30-37-15-22-41(75)23-16-37)67-52(77)26-19-36-13-20-40(61)21-14-36/h5-6,9-10,13-18,20-25,33,35,45-51,66,74-76H,4,7-8,11-12,19,26-32,34H2,1-3H3,(H,64,83)(H,67,77)(H,68,78)(H,69,81)(H,70,82)(H,71,80)(H,72,79)(H4,62,63,65)/t45-,46-,47+,48-,49+,50-,51-/m0/s1. The van der Waals surface area contributed by atoms with Gasteiger partial charge in [0, 0.05) is 62.4 Å². The van der Waals surface area contributed by atoms with Gasteiger partial charge in [-0.15, -0.1) is 0 Å². The number of aromatic amines is 1. The molecule has 0 spiro atoms. The molecule has 4 aromatic carbocycles. The fourth-order valence-corrected chi connectivity index (χ4v) is 9.87. The zero-order valence-electron chi connectivity index (χ0n) is 47.4. The first-order valence-corrected chi connectivity index (χ1v) is 28.1. The van der Waals surface area contributed by atoms with E-state index in [4.69, 9.17) is 11.5 Å². The van der Waals surface area contributed by atoms with Crippen molar-refractivity contribution in [2.45, 2.75) is 127 Å². The Balaban J connectivity index is 1.26.